The van der Waals surface area contributed by atoms with Gasteiger partial charge in [-0.25, -0.2) is 0 Å². The van der Waals surface area contributed by atoms with Crippen molar-refractivity contribution in [1.82, 2.24) is 4.90 Å². The Balaban J connectivity index is 3.77. The fraction of sp³-hybridized carbons (Fsp3) is 0.900. The monoisotopic (exact) mass is 218 g/mol. The second kappa shape index (κ2) is 8.64. The van der Waals surface area contributed by atoms with Crippen LogP contribution in [-0.4, -0.2) is 55.9 Å². The summed E-state index contributed by atoms with van der Waals surface area (Å²) in [6.07, 6.45) is 2.07. The van der Waals surface area contributed by atoms with E-state index in [1.807, 2.05) is 0 Å². The Labute approximate surface area is 91.2 Å². The largest absolute Gasteiger partial charge is 0.396 e. The van der Waals surface area contributed by atoms with Crippen LogP contribution >= 0.6 is 0 Å². The number of likely N-dealkylation sites (N-methyl/N-ethyl adjacent to an activating group) is 1. The molecule has 0 aliphatic carbocycles. The maximum absolute atomic E-state index is 11.6. The van der Waals surface area contributed by atoms with Crippen molar-refractivity contribution in [1.29, 1.82) is 0 Å². The fourth-order valence-corrected chi connectivity index (χ4v) is 1.29. The molecule has 0 aliphatic heterocycles. The van der Waals surface area contributed by atoms with Crippen LogP contribution in [0.2, 0.25) is 0 Å². The van der Waals surface area contributed by atoms with Gasteiger partial charge >= 0.3 is 0 Å². The number of nitrogens with two attached hydrogens (primary N) is 1. The predicted octanol–water partition coefficient (Wildman–Crippen LogP) is -0.419. The molecule has 90 valence electrons. The smallest absolute Gasteiger partial charge is 0.252 e. The molecule has 0 spiro atoms. The van der Waals surface area contributed by atoms with Gasteiger partial charge in [0.1, 0.15) is 6.10 Å². The van der Waals surface area contributed by atoms with Gasteiger partial charge in [-0.3, -0.25) is 4.79 Å². The number of methoxy groups -OCH3 is 1. The number of nitrogens with zero attached hydrogens (tertiary/aromatic N) is 1. The van der Waals surface area contributed by atoms with Gasteiger partial charge in [0.15, 0.2) is 0 Å². The molecular weight excluding hydrogens is 196 g/mol. The second-order valence-corrected chi connectivity index (χ2v) is 3.50. The molecule has 0 aromatic rings. The minimum atomic E-state index is -0.534. The molecule has 0 aromatic heterocycles. The van der Waals surface area contributed by atoms with Crippen molar-refractivity contribution >= 4 is 5.91 Å². The van der Waals surface area contributed by atoms with Crippen molar-refractivity contribution in [2.75, 3.05) is 33.9 Å². The first-order valence-electron chi connectivity index (χ1n) is 5.26. The second-order valence-electron chi connectivity index (χ2n) is 3.50. The summed E-state index contributed by atoms with van der Waals surface area (Å²) >= 11 is 0. The standard InChI is InChI=1S/C10H22N2O3/c1-12(6-4-3-5-7-13)10(14)9(8-11)15-2/h9,13H,3-8,11H2,1-2H3. The third-order valence-electron chi connectivity index (χ3n) is 2.30. The van der Waals surface area contributed by atoms with Gasteiger partial charge in [0.25, 0.3) is 5.91 Å². The molecule has 0 radical (unpaired) electrons. The van der Waals surface area contributed by atoms with Crippen LogP contribution < -0.4 is 5.73 Å². The summed E-state index contributed by atoms with van der Waals surface area (Å²) in [5.41, 5.74) is 5.39. The van der Waals surface area contributed by atoms with E-state index in [-0.39, 0.29) is 19.1 Å². The van der Waals surface area contributed by atoms with Gasteiger partial charge in [0, 0.05) is 33.9 Å². The van der Waals surface area contributed by atoms with Crippen LogP contribution in [-0.2, 0) is 9.53 Å². The number of rotatable bonds is 8. The number of aliphatic hydroxyl groups is 1. The van der Waals surface area contributed by atoms with E-state index in [0.29, 0.717) is 6.54 Å². The van der Waals surface area contributed by atoms with E-state index < -0.39 is 6.10 Å². The molecule has 0 fully saturated rings. The molecule has 15 heavy (non-hydrogen) atoms. The highest BCUT2D eigenvalue weighted by Crippen LogP contribution is 2.00. The van der Waals surface area contributed by atoms with Crippen molar-refractivity contribution in [3.05, 3.63) is 0 Å². The topological polar surface area (TPSA) is 75.8 Å². The first kappa shape index (κ1) is 14.3. The molecule has 1 amide bonds. The lowest BCUT2D eigenvalue weighted by atomic mass is 10.2. The van der Waals surface area contributed by atoms with Gasteiger partial charge in [-0.05, 0) is 19.3 Å². The average Bonchev–Trinajstić information content (AvgIpc) is 2.25. The molecule has 5 heteroatoms. The van der Waals surface area contributed by atoms with Crippen molar-refractivity contribution in [3.8, 4) is 0 Å². The zero-order valence-electron chi connectivity index (χ0n) is 9.61. The molecule has 3 N–H and O–H groups in total. The van der Waals surface area contributed by atoms with Gasteiger partial charge < -0.3 is 20.5 Å². The molecule has 0 rings (SSSR count). The van der Waals surface area contributed by atoms with E-state index >= 15 is 0 Å². The number of carbonyl (C=O) groups excluding carboxylic acids is 1. The van der Waals surface area contributed by atoms with Crippen LogP contribution in [0.5, 0.6) is 0 Å². The fourth-order valence-electron chi connectivity index (χ4n) is 1.29. The van der Waals surface area contributed by atoms with Gasteiger partial charge in [-0.2, -0.15) is 0 Å². The molecule has 0 aliphatic rings. The first-order valence-corrected chi connectivity index (χ1v) is 5.26. The van der Waals surface area contributed by atoms with E-state index in [1.165, 1.54) is 7.11 Å². The number of carbonyl (C=O) groups is 1. The summed E-state index contributed by atoms with van der Waals surface area (Å²) in [5, 5.41) is 8.59. The number of ether oxygens (including phenoxy) is 1. The minimum absolute atomic E-state index is 0.0796. The highest BCUT2D eigenvalue weighted by molar-refractivity contribution is 5.80. The van der Waals surface area contributed by atoms with Crippen LogP contribution in [0.1, 0.15) is 19.3 Å². The summed E-state index contributed by atoms with van der Waals surface area (Å²) in [6.45, 7) is 1.09. The molecule has 1 unspecified atom stereocenters. The Kier molecular flexibility index (Phi) is 8.27. The Morgan fingerprint density at radius 3 is 2.60 bits per heavy atom. The Morgan fingerprint density at radius 1 is 1.47 bits per heavy atom. The quantitative estimate of drug-likeness (QED) is 0.543. The summed E-state index contributed by atoms with van der Waals surface area (Å²) in [7, 11) is 3.22. The summed E-state index contributed by atoms with van der Waals surface area (Å²) in [6, 6.07) is 0. The SMILES string of the molecule is COC(CN)C(=O)N(C)CCCCCO. The predicted molar refractivity (Wildman–Crippen MR) is 58.4 cm³/mol. The summed E-state index contributed by atoms with van der Waals surface area (Å²) in [4.78, 5) is 13.3. The van der Waals surface area contributed by atoms with Gasteiger partial charge in [-0.15, -0.1) is 0 Å². The lowest BCUT2D eigenvalue weighted by Crippen LogP contribution is -2.42. The first-order chi connectivity index (χ1) is 7.17. The van der Waals surface area contributed by atoms with Crippen molar-refractivity contribution < 1.29 is 14.6 Å². The zero-order chi connectivity index (χ0) is 11.7. The van der Waals surface area contributed by atoms with Crippen LogP contribution in [0, 0.1) is 0 Å². The Bertz CT molecular complexity index is 172. The van der Waals surface area contributed by atoms with Crippen LogP contribution in [0.15, 0.2) is 0 Å². The lowest BCUT2D eigenvalue weighted by molar-refractivity contribution is -0.140. The third kappa shape index (κ3) is 5.71. The number of hydrogen-bond acceptors (Lipinski definition) is 4. The van der Waals surface area contributed by atoms with Gasteiger partial charge in [0.2, 0.25) is 0 Å². The van der Waals surface area contributed by atoms with Gasteiger partial charge in [-0.1, -0.05) is 0 Å². The van der Waals surface area contributed by atoms with E-state index in [4.69, 9.17) is 15.6 Å². The van der Waals surface area contributed by atoms with Gasteiger partial charge in [0.05, 0.1) is 0 Å². The highest BCUT2D eigenvalue weighted by atomic mass is 16.5. The summed E-state index contributed by atoms with van der Waals surface area (Å²) < 4.78 is 4.95. The minimum Gasteiger partial charge on any atom is -0.396 e. The van der Waals surface area contributed by atoms with Crippen LogP contribution in [0.4, 0.5) is 0 Å². The number of hydrogen-bond donors (Lipinski definition) is 2. The van der Waals surface area contributed by atoms with Crippen LogP contribution in [0.25, 0.3) is 0 Å². The number of amides is 1. The van der Waals surface area contributed by atoms with E-state index in [0.717, 1.165) is 19.3 Å². The third-order valence-corrected chi connectivity index (χ3v) is 2.30. The van der Waals surface area contributed by atoms with E-state index in [9.17, 15) is 4.79 Å². The molecule has 5 nitrogen and oxygen atoms in total. The maximum Gasteiger partial charge on any atom is 0.252 e. The lowest BCUT2D eigenvalue weighted by Gasteiger charge is -2.21. The number of unbranched alkanes of at least 4 members (excludes halogenated alkanes) is 2. The molecule has 0 heterocycles. The Hall–Kier alpha value is -0.650. The normalized spacial score (nSPS) is 12.5. The maximum atomic E-state index is 11.6. The molecule has 0 aromatic carbocycles. The van der Waals surface area contributed by atoms with Crippen molar-refractivity contribution in [2.45, 2.75) is 25.4 Å². The van der Waals surface area contributed by atoms with E-state index in [2.05, 4.69) is 0 Å². The molecule has 0 saturated carbocycles. The molecule has 0 saturated heterocycles. The molecular formula is C10H22N2O3. The zero-order valence-corrected chi connectivity index (χ0v) is 9.61. The number of aliphatic hydroxyl groups excluding tert-OH is 1. The Morgan fingerprint density at radius 2 is 2.13 bits per heavy atom. The summed E-state index contributed by atoms with van der Waals surface area (Å²) in [5.74, 6) is -0.0796. The molecule has 1 atom stereocenters. The van der Waals surface area contributed by atoms with Crippen LogP contribution in [0.3, 0.4) is 0 Å². The molecule has 0 bridgehead atoms. The highest BCUT2D eigenvalue weighted by Gasteiger charge is 2.19. The van der Waals surface area contributed by atoms with Crippen molar-refractivity contribution in [2.24, 2.45) is 5.73 Å². The van der Waals surface area contributed by atoms with Crippen molar-refractivity contribution in [3.63, 3.8) is 0 Å². The average molecular weight is 218 g/mol. The van der Waals surface area contributed by atoms with E-state index in [1.54, 1.807) is 11.9 Å².